The second-order valence-corrected chi connectivity index (χ2v) is 2.90. The quantitative estimate of drug-likeness (QED) is 0.643. The van der Waals surface area contributed by atoms with Crippen molar-refractivity contribution in [1.29, 1.82) is 0 Å². The monoisotopic (exact) mass is 174 g/mol. The molecule has 0 bridgehead atoms. The Bertz CT molecular complexity index is 176. The minimum absolute atomic E-state index is 0.321. The van der Waals surface area contributed by atoms with E-state index in [9.17, 15) is 9.59 Å². The maximum Gasteiger partial charge on any atom is 0.308 e. The largest absolute Gasteiger partial charge is 0.481 e. The minimum atomic E-state index is -0.884. The van der Waals surface area contributed by atoms with Gasteiger partial charge >= 0.3 is 11.9 Å². The van der Waals surface area contributed by atoms with Gasteiger partial charge in [0, 0.05) is 0 Å². The number of hydrogen-bond donors (Lipinski definition) is 1. The molecule has 0 rings (SSSR count). The zero-order valence-corrected chi connectivity index (χ0v) is 7.53. The van der Waals surface area contributed by atoms with Crippen LogP contribution in [0.4, 0.5) is 0 Å². The average molecular weight is 174 g/mol. The molecular formula is C8H14O4. The van der Waals surface area contributed by atoms with E-state index >= 15 is 0 Å². The molecule has 1 N–H and O–H groups in total. The molecule has 2 atom stereocenters. The van der Waals surface area contributed by atoms with Crippen molar-refractivity contribution in [2.45, 2.75) is 20.3 Å². The van der Waals surface area contributed by atoms with E-state index in [1.807, 2.05) is 0 Å². The molecule has 0 aromatic rings. The number of methoxy groups -OCH3 is 1. The van der Waals surface area contributed by atoms with E-state index in [1.165, 1.54) is 7.11 Å². The maximum atomic E-state index is 10.9. The highest BCUT2D eigenvalue weighted by molar-refractivity contribution is 5.74. The lowest BCUT2D eigenvalue weighted by Crippen LogP contribution is -2.19. The van der Waals surface area contributed by atoms with Gasteiger partial charge in [-0.15, -0.1) is 0 Å². The molecule has 2 unspecified atom stereocenters. The average Bonchev–Trinajstić information content (AvgIpc) is 2.02. The normalized spacial score (nSPS) is 14.9. The van der Waals surface area contributed by atoms with Crippen LogP contribution < -0.4 is 0 Å². The van der Waals surface area contributed by atoms with Crippen molar-refractivity contribution in [2.75, 3.05) is 7.11 Å². The molecule has 0 spiro atoms. The molecule has 0 aliphatic heterocycles. The summed E-state index contributed by atoms with van der Waals surface area (Å²) in [6.07, 6.45) is 0.321. The number of carbonyl (C=O) groups excluding carboxylic acids is 1. The highest BCUT2D eigenvalue weighted by Gasteiger charge is 2.20. The molecule has 0 aromatic carbocycles. The van der Waals surface area contributed by atoms with Crippen LogP contribution in [0.25, 0.3) is 0 Å². The number of esters is 1. The van der Waals surface area contributed by atoms with Gasteiger partial charge in [-0.3, -0.25) is 9.59 Å². The third-order valence-corrected chi connectivity index (χ3v) is 1.73. The molecule has 0 saturated heterocycles. The topological polar surface area (TPSA) is 63.6 Å². The zero-order chi connectivity index (χ0) is 9.72. The van der Waals surface area contributed by atoms with E-state index in [0.29, 0.717) is 6.42 Å². The summed E-state index contributed by atoms with van der Waals surface area (Å²) in [6.45, 7) is 3.23. The summed E-state index contributed by atoms with van der Waals surface area (Å²) in [5.74, 6) is -2.09. The van der Waals surface area contributed by atoms with Crippen LogP contribution in [0.2, 0.25) is 0 Å². The summed E-state index contributed by atoms with van der Waals surface area (Å²) in [5, 5.41) is 8.53. The van der Waals surface area contributed by atoms with Crippen LogP contribution in [0, 0.1) is 11.8 Å². The van der Waals surface area contributed by atoms with Crippen LogP contribution in [-0.4, -0.2) is 24.2 Å². The van der Waals surface area contributed by atoms with Gasteiger partial charge in [0.2, 0.25) is 0 Å². The lowest BCUT2D eigenvalue weighted by atomic mass is 9.98. The Hall–Kier alpha value is -1.06. The number of ether oxygens (including phenoxy) is 1. The SMILES string of the molecule is COC(=O)C(C)CC(C)C(=O)O. The van der Waals surface area contributed by atoms with E-state index in [1.54, 1.807) is 13.8 Å². The van der Waals surface area contributed by atoms with Gasteiger partial charge in [0.05, 0.1) is 18.9 Å². The van der Waals surface area contributed by atoms with Gasteiger partial charge in [-0.25, -0.2) is 0 Å². The second kappa shape index (κ2) is 4.74. The molecule has 4 nitrogen and oxygen atoms in total. The van der Waals surface area contributed by atoms with Crippen molar-refractivity contribution >= 4 is 11.9 Å². The third-order valence-electron chi connectivity index (χ3n) is 1.73. The van der Waals surface area contributed by atoms with Gasteiger partial charge in [0.15, 0.2) is 0 Å². The van der Waals surface area contributed by atoms with E-state index in [0.717, 1.165) is 0 Å². The van der Waals surface area contributed by atoms with Crippen molar-refractivity contribution in [3.05, 3.63) is 0 Å². The number of carboxylic acids is 1. The maximum absolute atomic E-state index is 10.9. The Labute approximate surface area is 71.5 Å². The van der Waals surface area contributed by atoms with Crippen LogP contribution in [0.5, 0.6) is 0 Å². The van der Waals surface area contributed by atoms with Crippen LogP contribution in [0.15, 0.2) is 0 Å². The molecule has 0 aliphatic rings. The lowest BCUT2D eigenvalue weighted by Gasteiger charge is -2.11. The number of carboxylic acid groups (broad SMARTS) is 1. The fourth-order valence-corrected chi connectivity index (χ4v) is 0.929. The predicted molar refractivity (Wildman–Crippen MR) is 42.6 cm³/mol. The number of rotatable bonds is 4. The molecule has 0 fully saturated rings. The van der Waals surface area contributed by atoms with Crippen molar-refractivity contribution < 1.29 is 19.4 Å². The molecule has 0 saturated carbocycles. The molecule has 0 aromatic heterocycles. The molecule has 4 heteroatoms. The fourth-order valence-electron chi connectivity index (χ4n) is 0.929. The predicted octanol–water partition coefficient (Wildman–Crippen LogP) is 0.906. The number of carbonyl (C=O) groups is 2. The Morgan fingerprint density at radius 1 is 1.33 bits per heavy atom. The third kappa shape index (κ3) is 3.37. The Morgan fingerprint density at radius 3 is 2.17 bits per heavy atom. The molecule has 0 radical (unpaired) electrons. The summed E-state index contributed by atoms with van der Waals surface area (Å²) in [7, 11) is 1.30. The summed E-state index contributed by atoms with van der Waals surface area (Å²) in [5.41, 5.74) is 0. The van der Waals surface area contributed by atoms with E-state index in [4.69, 9.17) is 5.11 Å². The van der Waals surface area contributed by atoms with Crippen LogP contribution in [0.1, 0.15) is 20.3 Å². The van der Waals surface area contributed by atoms with E-state index < -0.39 is 11.9 Å². The fraction of sp³-hybridized carbons (Fsp3) is 0.750. The van der Waals surface area contributed by atoms with E-state index in [-0.39, 0.29) is 11.9 Å². The van der Waals surface area contributed by atoms with Crippen molar-refractivity contribution in [3.63, 3.8) is 0 Å². The first-order valence-electron chi connectivity index (χ1n) is 3.79. The van der Waals surface area contributed by atoms with Crippen LogP contribution >= 0.6 is 0 Å². The summed E-state index contributed by atoms with van der Waals surface area (Å²) >= 11 is 0. The van der Waals surface area contributed by atoms with Gasteiger partial charge in [0.25, 0.3) is 0 Å². The van der Waals surface area contributed by atoms with Crippen molar-refractivity contribution in [2.24, 2.45) is 11.8 Å². The van der Waals surface area contributed by atoms with Crippen LogP contribution in [-0.2, 0) is 14.3 Å². The Morgan fingerprint density at radius 2 is 1.83 bits per heavy atom. The highest BCUT2D eigenvalue weighted by Crippen LogP contribution is 2.12. The molecule has 12 heavy (non-hydrogen) atoms. The Kier molecular flexibility index (Phi) is 4.33. The van der Waals surface area contributed by atoms with Gasteiger partial charge < -0.3 is 9.84 Å². The smallest absolute Gasteiger partial charge is 0.308 e. The molecular weight excluding hydrogens is 160 g/mol. The zero-order valence-electron chi connectivity index (χ0n) is 7.53. The van der Waals surface area contributed by atoms with Gasteiger partial charge in [-0.2, -0.15) is 0 Å². The molecule has 0 heterocycles. The lowest BCUT2D eigenvalue weighted by molar-refractivity contribution is -0.147. The standard InChI is InChI=1S/C8H14O4/c1-5(7(9)10)4-6(2)8(11)12-3/h5-6H,4H2,1-3H3,(H,9,10). The number of hydrogen-bond acceptors (Lipinski definition) is 3. The van der Waals surface area contributed by atoms with Crippen molar-refractivity contribution in [3.8, 4) is 0 Å². The van der Waals surface area contributed by atoms with Gasteiger partial charge in [-0.05, 0) is 6.42 Å². The first-order chi connectivity index (χ1) is 5.49. The van der Waals surface area contributed by atoms with Crippen LogP contribution in [0.3, 0.4) is 0 Å². The molecule has 70 valence electrons. The molecule has 0 amide bonds. The van der Waals surface area contributed by atoms with Gasteiger partial charge in [0.1, 0.15) is 0 Å². The summed E-state index contributed by atoms with van der Waals surface area (Å²) in [6, 6.07) is 0. The number of aliphatic carboxylic acids is 1. The van der Waals surface area contributed by atoms with Gasteiger partial charge in [-0.1, -0.05) is 13.8 Å². The highest BCUT2D eigenvalue weighted by atomic mass is 16.5. The molecule has 0 aliphatic carbocycles. The van der Waals surface area contributed by atoms with E-state index in [2.05, 4.69) is 4.74 Å². The summed E-state index contributed by atoms with van der Waals surface area (Å²) < 4.78 is 4.46. The summed E-state index contributed by atoms with van der Waals surface area (Å²) in [4.78, 5) is 21.2. The first kappa shape index (κ1) is 10.9. The first-order valence-corrected chi connectivity index (χ1v) is 3.79. The minimum Gasteiger partial charge on any atom is -0.481 e. The second-order valence-electron chi connectivity index (χ2n) is 2.90. The van der Waals surface area contributed by atoms with Crippen molar-refractivity contribution in [1.82, 2.24) is 0 Å². The Balaban J connectivity index is 3.91.